The van der Waals surface area contributed by atoms with Crippen molar-refractivity contribution in [1.29, 1.82) is 0 Å². The Bertz CT molecular complexity index is 731. The lowest BCUT2D eigenvalue weighted by molar-refractivity contribution is -0.139. The zero-order valence-electron chi connectivity index (χ0n) is 11.8. The number of hydrogen-bond acceptors (Lipinski definition) is 5. The van der Waals surface area contributed by atoms with Gasteiger partial charge in [-0.05, 0) is 25.1 Å². The molecular formula is C14H12Cl2N2O3S. The third-order valence-electron chi connectivity index (χ3n) is 2.83. The molecule has 0 saturated heterocycles. The van der Waals surface area contributed by atoms with E-state index in [0.29, 0.717) is 26.4 Å². The normalized spacial score (nSPS) is 10.4. The number of aromatic nitrogens is 1. The highest BCUT2D eigenvalue weighted by Gasteiger charge is 2.15. The van der Waals surface area contributed by atoms with Crippen molar-refractivity contribution in [2.75, 3.05) is 12.4 Å². The molecule has 1 aromatic heterocycles. The molecule has 1 N–H and O–H groups in total. The van der Waals surface area contributed by atoms with Crippen LogP contribution in [0.2, 0.25) is 10.0 Å². The number of aryl methyl sites for hydroxylation is 1. The summed E-state index contributed by atoms with van der Waals surface area (Å²) < 4.78 is 4.62. The lowest BCUT2D eigenvalue weighted by Crippen LogP contribution is -2.11. The molecule has 5 nitrogen and oxygen atoms in total. The number of nitrogens with zero attached hydrogens (tertiary/aromatic N) is 1. The fraction of sp³-hybridized carbons (Fsp3) is 0.214. The van der Waals surface area contributed by atoms with Crippen LogP contribution in [0.3, 0.4) is 0 Å². The van der Waals surface area contributed by atoms with Gasteiger partial charge in [0.2, 0.25) is 0 Å². The van der Waals surface area contributed by atoms with E-state index >= 15 is 0 Å². The van der Waals surface area contributed by atoms with Crippen molar-refractivity contribution < 1.29 is 14.3 Å². The molecule has 0 atom stereocenters. The van der Waals surface area contributed by atoms with Crippen molar-refractivity contribution in [2.24, 2.45) is 0 Å². The van der Waals surface area contributed by atoms with Gasteiger partial charge in [0.25, 0.3) is 5.91 Å². The Balaban J connectivity index is 2.13. The van der Waals surface area contributed by atoms with Gasteiger partial charge in [-0.3, -0.25) is 14.9 Å². The maximum absolute atomic E-state index is 12.1. The number of hydrogen-bond donors (Lipinski definition) is 1. The van der Waals surface area contributed by atoms with Gasteiger partial charge in [-0.25, -0.2) is 4.98 Å². The van der Waals surface area contributed by atoms with E-state index in [0.717, 1.165) is 4.88 Å². The number of thiazole rings is 1. The summed E-state index contributed by atoms with van der Waals surface area (Å²) >= 11 is 12.9. The van der Waals surface area contributed by atoms with E-state index in [1.54, 1.807) is 19.1 Å². The summed E-state index contributed by atoms with van der Waals surface area (Å²) in [4.78, 5) is 28.4. The number of carbonyl (C=O) groups is 2. The molecule has 0 fully saturated rings. The van der Waals surface area contributed by atoms with Crippen LogP contribution in [-0.4, -0.2) is 24.0 Å². The van der Waals surface area contributed by atoms with Gasteiger partial charge >= 0.3 is 5.97 Å². The molecule has 22 heavy (non-hydrogen) atoms. The number of amides is 1. The van der Waals surface area contributed by atoms with Gasteiger partial charge in [-0.2, -0.15) is 0 Å². The van der Waals surface area contributed by atoms with Crippen LogP contribution in [0, 0.1) is 6.92 Å². The molecule has 1 heterocycles. The Morgan fingerprint density at radius 1 is 1.32 bits per heavy atom. The monoisotopic (exact) mass is 358 g/mol. The molecule has 1 aromatic carbocycles. The van der Waals surface area contributed by atoms with Crippen LogP contribution in [0.25, 0.3) is 0 Å². The third-order valence-corrected chi connectivity index (χ3v) is 4.64. The molecule has 0 aliphatic rings. The first-order chi connectivity index (χ1) is 10.4. The summed E-state index contributed by atoms with van der Waals surface area (Å²) in [5.41, 5.74) is 1.05. The fourth-order valence-corrected chi connectivity index (χ4v) is 2.90. The van der Waals surface area contributed by atoms with Gasteiger partial charge in [0.05, 0.1) is 29.3 Å². The number of methoxy groups -OCH3 is 1. The van der Waals surface area contributed by atoms with Crippen LogP contribution >= 0.6 is 34.5 Å². The number of esters is 1. The molecule has 0 radical (unpaired) electrons. The summed E-state index contributed by atoms with van der Waals surface area (Å²) in [5, 5.41) is 3.76. The molecule has 116 valence electrons. The Labute approximate surface area is 141 Å². The Morgan fingerprint density at radius 3 is 2.68 bits per heavy atom. The average molecular weight is 359 g/mol. The zero-order chi connectivity index (χ0) is 16.3. The first-order valence-electron chi connectivity index (χ1n) is 6.20. The minimum atomic E-state index is -0.353. The van der Waals surface area contributed by atoms with E-state index < -0.39 is 0 Å². The number of carbonyl (C=O) groups excluding carboxylic acids is 2. The summed E-state index contributed by atoms with van der Waals surface area (Å²) in [6.07, 6.45) is 0.128. The Morgan fingerprint density at radius 2 is 2.05 bits per heavy atom. The molecule has 0 aliphatic carbocycles. The standard InChI is InChI=1S/C14H12Cl2N2O3S/c1-7-11(6-12(19)21-2)22-14(17-7)18-13(20)8-3-4-9(15)10(16)5-8/h3-5H,6H2,1-2H3,(H,17,18,20). The molecule has 0 aliphatic heterocycles. The summed E-state index contributed by atoms with van der Waals surface area (Å²) in [5.74, 6) is -0.703. The van der Waals surface area contributed by atoms with Crippen LogP contribution in [0.4, 0.5) is 5.13 Å². The smallest absolute Gasteiger partial charge is 0.310 e. The second kappa shape index (κ2) is 7.09. The predicted octanol–water partition coefficient (Wildman–Crippen LogP) is 3.73. The molecule has 0 saturated carbocycles. The van der Waals surface area contributed by atoms with Gasteiger partial charge in [-0.1, -0.05) is 23.2 Å². The van der Waals surface area contributed by atoms with Gasteiger partial charge in [0.15, 0.2) is 5.13 Å². The Hall–Kier alpha value is -1.63. The van der Waals surface area contributed by atoms with E-state index in [-0.39, 0.29) is 18.3 Å². The first-order valence-corrected chi connectivity index (χ1v) is 7.77. The molecule has 2 rings (SSSR count). The molecule has 0 unspecified atom stereocenters. The molecule has 0 spiro atoms. The minimum absolute atomic E-state index is 0.128. The quantitative estimate of drug-likeness (QED) is 0.845. The topological polar surface area (TPSA) is 68.3 Å². The number of halogens is 2. The average Bonchev–Trinajstić information content (AvgIpc) is 2.81. The first kappa shape index (κ1) is 16.7. The van der Waals surface area contributed by atoms with E-state index in [1.807, 2.05) is 0 Å². The molecule has 0 bridgehead atoms. The maximum atomic E-state index is 12.1. The van der Waals surface area contributed by atoms with E-state index in [1.165, 1.54) is 24.5 Å². The van der Waals surface area contributed by atoms with Gasteiger partial charge in [-0.15, -0.1) is 11.3 Å². The van der Waals surface area contributed by atoms with Crippen molar-refractivity contribution in [2.45, 2.75) is 13.3 Å². The second-order valence-electron chi connectivity index (χ2n) is 4.36. The fourth-order valence-electron chi connectivity index (χ4n) is 1.66. The number of rotatable bonds is 4. The highest BCUT2D eigenvalue weighted by atomic mass is 35.5. The summed E-state index contributed by atoms with van der Waals surface area (Å²) in [6.45, 7) is 1.77. The summed E-state index contributed by atoms with van der Waals surface area (Å²) in [6, 6.07) is 4.60. The van der Waals surface area contributed by atoms with E-state index in [4.69, 9.17) is 23.2 Å². The van der Waals surface area contributed by atoms with Crippen LogP contribution < -0.4 is 5.32 Å². The lowest BCUT2D eigenvalue weighted by Gasteiger charge is -2.03. The predicted molar refractivity (Wildman–Crippen MR) is 87.0 cm³/mol. The number of anilines is 1. The highest BCUT2D eigenvalue weighted by Crippen LogP contribution is 2.26. The number of ether oxygens (including phenoxy) is 1. The van der Waals surface area contributed by atoms with E-state index in [9.17, 15) is 9.59 Å². The lowest BCUT2D eigenvalue weighted by atomic mass is 10.2. The number of benzene rings is 1. The van der Waals surface area contributed by atoms with Crippen LogP contribution in [0.1, 0.15) is 20.9 Å². The SMILES string of the molecule is COC(=O)Cc1sc(NC(=O)c2ccc(Cl)c(Cl)c2)nc1C. The van der Waals surface area contributed by atoms with Crippen LogP contribution in [0.15, 0.2) is 18.2 Å². The van der Waals surface area contributed by atoms with Crippen molar-refractivity contribution in [3.05, 3.63) is 44.4 Å². The van der Waals surface area contributed by atoms with Gasteiger partial charge < -0.3 is 4.74 Å². The minimum Gasteiger partial charge on any atom is -0.469 e. The van der Waals surface area contributed by atoms with Crippen molar-refractivity contribution in [3.8, 4) is 0 Å². The molecular weight excluding hydrogens is 347 g/mol. The van der Waals surface area contributed by atoms with Crippen LogP contribution in [0.5, 0.6) is 0 Å². The van der Waals surface area contributed by atoms with Crippen molar-refractivity contribution >= 4 is 51.5 Å². The molecule has 1 amide bonds. The van der Waals surface area contributed by atoms with E-state index in [2.05, 4.69) is 15.0 Å². The largest absolute Gasteiger partial charge is 0.469 e. The zero-order valence-corrected chi connectivity index (χ0v) is 14.1. The number of nitrogens with one attached hydrogen (secondary N) is 1. The third kappa shape index (κ3) is 3.97. The highest BCUT2D eigenvalue weighted by molar-refractivity contribution is 7.16. The maximum Gasteiger partial charge on any atom is 0.310 e. The summed E-state index contributed by atoms with van der Waals surface area (Å²) in [7, 11) is 1.33. The Kier molecular flexibility index (Phi) is 5.39. The van der Waals surface area contributed by atoms with Crippen molar-refractivity contribution in [3.63, 3.8) is 0 Å². The second-order valence-corrected chi connectivity index (χ2v) is 6.26. The van der Waals surface area contributed by atoms with Gasteiger partial charge in [0, 0.05) is 10.4 Å². The molecule has 2 aromatic rings. The molecule has 8 heteroatoms. The van der Waals surface area contributed by atoms with Crippen molar-refractivity contribution in [1.82, 2.24) is 4.98 Å². The van der Waals surface area contributed by atoms with Crippen LogP contribution in [-0.2, 0) is 16.0 Å². The van der Waals surface area contributed by atoms with Gasteiger partial charge in [0.1, 0.15) is 0 Å².